The van der Waals surface area contributed by atoms with Crippen molar-refractivity contribution in [3.05, 3.63) is 17.7 Å². The second-order valence-electron chi connectivity index (χ2n) is 7.12. The van der Waals surface area contributed by atoms with E-state index in [0.717, 1.165) is 32.4 Å². The summed E-state index contributed by atoms with van der Waals surface area (Å²) in [6, 6.07) is 2.66. The maximum absolute atomic E-state index is 13.0. The zero-order valence-electron chi connectivity index (χ0n) is 17.9. The van der Waals surface area contributed by atoms with Crippen molar-refractivity contribution in [1.29, 1.82) is 0 Å². The summed E-state index contributed by atoms with van der Waals surface area (Å²) in [6.07, 6.45) is 3.22. The summed E-state index contributed by atoms with van der Waals surface area (Å²) in [4.78, 5) is 32.5. The van der Waals surface area contributed by atoms with Gasteiger partial charge in [0.15, 0.2) is 17.4 Å². The zero-order valence-corrected chi connectivity index (χ0v) is 17.9. The van der Waals surface area contributed by atoms with Crippen LogP contribution < -0.4 is 19.5 Å². The van der Waals surface area contributed by atoms with Gasteiger partial charge in [-0.25, -0.2) is 4.99 Å². The summed E-state index contributed by atoms with van der Waals surface area (Å²) in [6.45, 7) is 3.50. The van der Waals surface area contributed by atoms with Gasteiger partial charge in [0.1, 0.15) is 6.04 Å². The Morgan fingerprint density at radius 1 is 1.10 bits per heavy atom. The standard InChI is InChI=1S/C21H29N3O6/c1-5-30-20(26)16-17(13-11-14(27-2)18(29-4)15(12-13)28-3)22-21(23-19(16)25)24-9-7-6-8-10-24/h11-12,16-17H,5-10H2,1-4H3,(H,22,23,25). The number of aliphatic imine (C=N–C) groups is 1. The first-order valence-electron chi connectivity index (χ1n) is 10.1. The van der Waals surface area contributed by atoms with Gasteiger partial charge >= 0.3 is 5.97 Å². The lowest BCUT2D eigenvalue weighted by Crippen LogP contribution is -2.53. The average molecular weight is 419 g/mol. The summed E-state index contributed by atoms with van der Waals surface area (Å²) in [5.41, 5.74) is 0.604. The van der Waals surface area contributed by atoms with Crippen molar-refractivity contribution in [2.75, 3.05) is 41.0 Å². The highest BCUT2D eigenvalue weighted by Crippen LogP contribution is 2.42. The highest BCUT2D eigenvalue weighted by molar-refractivity contribution is 6.08. The fourth-order valence-electron chi connectivity index (χ4n) is 3.84. The molecule has 9 heteroatoms. The van der Waals surface area contributed by atoms with Crippen LogP contribution in [0.4, 0.5) is 0 Å². The third-order valence-corrected chi connectivity index (χ3v) is 5.32. The van der Waals surface area contributed by atoms with Crippen LogP contribution >= 0.6 is 0 Å². The van der Waals surface area contributed by atoms with E-state index in [1.54, 1.807) is 19.1 Å². The molecule has 0 aliphatic carbocycles. The number of nitrogens with zero attached hydrogens (tertiary/aromatic N) is 2. The van der Waals surface area contributed by atoms with E-state index in [0.29, 0.717) is 28.8 Å². The minimum Gasteiger partial charge on any atom is -0.493 e. The molecule has 1 saturated heterocycles. The molecule has 0 spiro atoms. The highest BCUT2D eigenvalue weighted by atomic mass is 16.5. The molecule has 3 rings (SSSR count). The van der Waals surface area contributed by atoms with E-state index in [1.165, 1.54) is 21.3 Å². The topological polar surface area (TPSA) is 98.7 Å². The molecule has 0 saturated carbocycles. The average Bonchev–Trinajstić information content (AvgIpc) is 2.78. The lowest BCUT2D eigenvalue weighted by atomic mass is 9.90. The maximum atomic E-state index is 13.0. The molecule has 9 nitrogen and oxygen atoms in total. The van der Waals surface area contributed by atoms with Gasteiger partial charge in [0.05, 0.1) is 27.9 Å². The molecule has 1 N–H and O–H groups in total. The van der Waals surface area contributed by atoms with Crippen molar-refractivity contribution in [2.45, 2.75) is 32.2 Å². The zero-order chi connectivity index (χ0) is 21.7. The van der Waals surface area contributed by atoms with Gasteiger partial charge in [0.2, 0.25) is 17.6 Å². The largest absolute Gasteiger partial charge is 0.493 e. The first-order chi connectivity index (χ1) is 14.5. The van der Waals surface area contributed by atoms with Crippen LogP contribution in [0.2, 0.25) is 0 Å². The number of ether oxygens (including phenoxy) is 4. The molecule has 0 aromatic heterocycles. The number of esters is 1. The highest BCUT2D eigenvalue weighted by Gasteiger charge is 2.42. The minimum atomic E-state index is -1.11. The smallest absolute Gasteiger partial charge is 0.321 e. The summed E-state index contributed by atoms with van der Waals surface area (Å²) >= 11 is 0. The number of likely N-dealkylation sites (tertiary alicyclic amines) is 1. The van der Waals surface area contributed by atoms with E-state index < -0.39 is 23.8 Å². The van der Waals surface area contributed by atoms with E-state index in [9.17, 15) is 9.59 Å². The molecule has 1 aromatic rings. The molecule has 1 aromatic carbocycles. The molecule has 30 heavy (non-hydrogen) atoms. The number of amides is 1. The van der Waals surface area contributed by atoms with Gasteiger partial charge < -0.3 is 23.8 Å². The first-order valence-corrected chi connectivity index (χ1v) is 10.1. The Balaban J connectivity index is 2.09. The Morgan fingerprint density at radius 3 is 2.27 bits per heavy atom. The lowest BCUT2D eigenvalue weighted by Gasteiger charge is -2.35. The number of methoxy groups -OCH3 is 3. The number of guanidine groups is 1. The van der Waals surface area contributed by atoms with Crippen LogP contribution in [0.15, 0.2) is 17.1 Å². The number of nitrogens with one attached hydrogen (secondary N) is 1. The van der Waals surface area contributed by atoms with Gasteiger partial charge in [-0.1, -0.05) is 0 Å². The molecule has 1 amide bonds. The summed E-state index contributed by atoms with van der Waals surface area (Å²) in [5, 5.41) is 2.80. The van der Waals surface area contributed by atoms with Crippen LogP contribution in [0, 0.1) is 5.92 Å². The quantitative estimate of drug-likeness (QED) is 0.555. The number of piperidine rings is 1. The Hall–Kier alpha value is -2.97. The number of hydrogen-bond acceptors (Lipinski definition) is 8. The second-order valence-corrected chi connectivity index (χ2v) is 7.12. The summed E-state index contributed by atoms with van der Waals surface area (Å²) in [5.74, 6) is -0.388. The van der Waals surface area contributed by atoms with E-state index in [1.807, 2.05) is 4.90 Å². The molecule has 0 bridgehead atoms. The van der Waals surface area contributed by atoms with Crippen molar-refractivity contribution in [1.82, 2.24) is 10.2 Å². The molecular weight excluding hydrogens is 390 g/mol. The van der Waals surface area contributed by atoms with Crippen LogP contribution in [-0.4, -0.2) is 63.8 Å². The van der Waals surface area contributed by atoms with Crippen LogP contribution in [-0.2, 0) is 14.3 Å². The molecule has 0 radical (unpaired) electrons. The predicted molar refractivity (Wildman–Crippen MR) is 110 cm³/mol. The minimum absolute atomic E-state index is 0.174. The second kappa shape index (κ2) is 9.69. The van der Waals surface area contributed by atoms with Crippen molar-refractivity contribution in [2.24, 2.45) is 10.9 Å². The van der Waals surface area contributed by atoms with Gasteiger partial charge in [-0.2, -0.15) is 0 Å². The normalized spacial score (nSPS) is 21.4. The molecule has 2 atom stereocenters. The van der Waals surface area contributed by atoms with E-state index in [-0.39, 0.29) is 6.61 Å². The monoisotopic (exact) mass is 419 g/mol. The Morgan fingerprint density at radius 2 is 1.73 bits per heavy atom. The molecule has 2 heterocycles. The predicted octanol–water partition coefficient (Wildman–Crippen LogP) is 1.90. The molecule has 1 fully saturated rings. The SMILES string of the molecule is CCOC(=O)C1C(=O)NC(N2CCCCC2)=NC1c1cc(OC)c(OC)c(OC)c1. The van der Waals surface area contributed by atoms with Gasteiger partial charge in [-0.05, 0) is 43.9 Å². The molecular formula is C21H29N3O6. The van der Waals surface area contributed by atoms with Gasteiger partial charge in [-0.15, -0.1) is 0 Å². The Kier molecular flexibility index (Phi) is 7.02. The van der Waals surface area contributed by atoms with Crippen LogP contribution in [0.3, 0.4) is 0 Å². The number of benzene rings is 1. The Bertz CT molecular complexity index is 794. The van der Waals surface area contributed by atoms with Crippen LogP contribution in [0.1, 0.15) is 37.8 Å². The lowest BCUT2D eigenvalue weighted by molar-refractivity contribution is -0.153. The molecule has 2 aliphatic rings. The fourth-order valence-corrected chi connectivity index (χ4v) is 3.84. The molecule has 2 aliphatic heterocycles. The third kappa shape index (κ3) is 4.29. The van der Waals surface area contributed by atoms with Crippen LogP contribution in [0.5, 0.6) is 17.2 Å². The Labute approximate surface area is 176 Å². The van der Waals surface area contributed by atoms with Gasteiger partial charge in [0.25, 0.3) is 0 Å². The molecule has 2 unspecified atom stereocenters. The van der Waals surface area contributed by atoms with Gasteiger partial charge in [0, 0.05) is 13.1 Å². The number of hydrogen-bond donors (Lipinski definition) is 1. The first kappa shape index (κ1) is 21.7. The van der Waals surface area contributed by atoms with E-state index in [2.05, 4.69) is 5.32 Å². The molecule has 164 valence electrons. The number of carbonyl (C=O) groups excluding carboxylic acids is 2. The van der Waals surface area contributed by atoms with Crippen molar-refractivity contribution >= 4 is 17.8 Å². The summed E-state index contributed by atoms with van der Waals surface area (Å²) in [7, 11) is 4.54. The van der Waals surface area contributed by atoms with E-state index >= 15 is 0 Å². The number of carbonyl (C=O) groups is 2. The van der Waals surface area contributed by atoms with Crippen LogP contribution in [0.25, 0.3) is 0 Å². The number of rotatable bonds is 6. The third-order valence-electron chi connectivity index (χ3n) is 5.32. The van der Waals surface area contributed by atoms with Gasteiger partial charge in [-0.3, -0.25) is 14.9 Å². The van der Waals surface area contributed by atoms with Crippen molar-refractivity contribution < 1.29 is 28.5 Å². The van der Waals surface area contributed by atoms with Crippen molar-refractivity contribution in [3.8, 4) is 17.2 Å². The summed E-state index contributed by atoms with van der Waals surface area (Å²) < 4.78 is 21.4. The fraction of sp³-hybridized carbons (Fsp3) is 0.571. The van der Waals surface area contributed by atoms with E-state index in [4.69, 9.17) is 23.9 Å². The van der Waals surface area contributed by atoms with Crippen molar-refractivity contribution in [3.63, 3.8) is 0 Å². The maximum Gasteiger partial charge on any atom is 0.321 e.